The van der Waals surface area contributed by atoms with E-state index in [2.05, 4.69) is 12.7 Å². The molecule has 128 valence electrons. The molecular formula is C20H24O4. The van der Waals surface area contributed by atoms with Crippen molar-refractivity contribution in [2.24, 2.45) is 0 Å². The van der Waals surface area contributed by atoms with Crippen molar-refractivity contribution in [1.29, 1.82) is 0 Å². The molecule has 1 aliphatic rings. The van der Waals surface area contributed by atoms with E-state index in [1.54, 1.807) is 7.11 Å². The van der Waals surface area contributed by atoms with Crippen LogP contribution in [0.3, 0.4) is 0 Å². The van der Waals surface area contributed by atoms with Gasteiger partial charge in [0.25, 0.3) is 0 Å². The van der Waals surface area contributed by atoms with Crippen LogP contribution in [0.25, 0.3) is 0 Å². The summed E-state index contributed by atoms with van der Waals surface area (Å²) in [6.45, 7) is 4.05. The summed E-state index contributed by atoms with van der Waals surface area (Å²) in [5.74, 6) is 0.831. The summed E-state index contributed by atoms with van der Waals surface area (Å²) in [5, 5.41) is 8.72. The van der Waals surface area contributed by atoms with Crippen molar-refractivity contribution < 1.29 is 19.4 Å². The van der Waals surface area contributed by atoms with Crippen LogP contribution in [0, 0.1) is 0 Å². The molecule has 4 nitrogen and oxygen atoms in total. The Morgan fingerprint density at radius 2 is 2.08 bits per heavy atom. The highest BCUT2D eigenvalue weighted by Crippen LogP contribution is 2.22. The molecule has 0 aromatic heterocycles. The van der Waals surface area contributed by atoms with Crippen LogP contribution in [0.2, 0.25) is 0 Å². The van der Waals surface area contributed by atoms with Gasteiger partial charge in [-0.1, -0.05) is 30.4 Å². The maximum atomic E-state index is 10.6. The van der Waals surface area contributed by atoms with Gasteiger partial charge in [0.2, 0.25) is 0 Å². The first kappa shape index (κ1) is 17.9. The third-order valence-corrected chi connectivity index (χ3v) is 3.90. The highest BCUT2D eigenvalue weighted by atomic mass is 16.5. The molecule has 1 aromatic rings. The Bertz CT molecular complexity index is 626. The zero-order valence-corrected chi connectivity index (χ0v) is 14.0. The first-order valence-corrected chi connectivity index (χ1v) is 8.14. The number of rotatable bonds is 6. The Morgan fingerprint density at radius 3 is 2.75 bits per heavy atom. The van der Waals surface area contributed by atoms with Crippen LogP contribution in [0.4, 0.5) is 0 Å². The van der Waals surface area contributed by atoms with E-state index < -0.39 is 5.97 Å². The third-order valence-electron chi connectivity index (χ3n) is 3.90. The van der Waals surface area contributed by atoms with Crippen LogP contribution < -0.4 is 4.74 Å². The number of aliphatic carboxylic acids is 1. The van der Waals surface area contributed by atoms with Gasteiger partial charge in [0.05, 0.1) is 7.11 Å². The number of ether oxygens (including phenoxy) is 2. The lowest BCUT2D eigenvalue weighted by Crippen LogP contribution is -2.15. The van der Waals surface area contributed by atoms with Gasteiger partial charge in [-0.3, -0.25) is 4.79 Å². The molecule has 1 N–H and O–H groups in total. The zero-order valence-electron chi connectivity index (χ0n) is 14.0. The van der Waals surface area contributed by atoms with E-state index in [1.807, 2.05) is 36.4 Å². The van der Waals surface area contributed by atoms with Crippen LogP contribution in [0.5, 0.6) is 5.75 Å². The van der Waals surface area contributed by atoms with Gasteiger partial charge in [0, 0.05) is 12.8 Å². The minimum Gasteiger partial charge on any atom is -0.497 e. The molecule has 0 aliphatic heterocycles. The number of hydrogen-bond acceptors (Lipinski definition) is 3. The van der Waals surface area contributed by atoms with Gasteiger partial charge in [0.1, 0.15) is 17.6 Å². The van der Waals surface area contributed by atoms with Crippen LogP contribution in [-0.4, -0.2) is 24.3 Å². The van der Waals surface area contributed by atoms with Gasteiger partial charge in [0.15, 0.2) is 0 Å². The van der Waals surface area contributed by atoms with E-state index in [1.165, 1.54) is 0 Å². The summed E-state index contributed by atoms with van der Waals surface area (Å²) in [6.07, 6.45) is 9.25. The molecule has 0 amide bonds. The van der Waals surface area contributed by atoms with Crippen LogP contribution in [-0.2, 0) is 16.0 Å². The molecule has 1 atom stereocenters. The average molecular weight is 328 g/mol. The smallest absolute Gasteiger partial charge is 0.303 e. The molecule has 1 unspecified atom stereocenters. The normalized spacial score (nSPS) is 21.6. The van der Waals surface area contributed by atoms with E-state index in [0.29, 0.717) is 6.42 Å². The fourth-order valence-corrected chi connectivity index (χ4v) is 2.53. The number of carbonyl (C=O) groups is 1. The Hall–Kier alpha value is -2.49. The molecule has 0 radical (unpaired) electrons. The maximum Gasteiger partial charge on any atom is 0.303 e. The lowest BCUT2D eigenvalue weighted by Gasteiger charge is -2.18. The van der Waals surface area contributed by atoms with Gasteiger partial charge < -0.3 is 14.6 Å². The number of allylic oxidation sites excluding steroid dienone is 3. The molecule has 4 heteroatoms. The fourth-order valence-electron chi connectivity index (χ4n) is 2.53. The quantitative estimate of drug-likeness (QED) is 0.847. The highest BCUT2D eigenvalue weighted by Gasteiger charge is 2.12. The summed E-state index contributed by atoms with van der Waals surface area (Å²) in [7, 11) is 1.65. The first-order chi connectivity index (χ1) is 11.6. The summed E-state index contributed by atoms with van der Waals surface area (Å²) in [5.41, 5.74) is 2.03. The maximum absolute atomic E-state index is 10.6. The van der Waals surface area contributed by atoms with Crippen LogP contribution in [0.1, 0.15) is 31.2 Å². The molecule has 1 aliphatic carbocycles. The molecule has 0 saturated heterocycles. The summed E-state index contributed by atoms with van der Waals surface area (Å²) >= 11 is 0. The number of aryl methyl sites for hydroxylation is 1. The second kappa shape index (κ2) is 8.96. The topological polar surface area (TPSA) is 55.8 Å². The standard InChI is InChI=1S/C20H24O4/c1-15-6-10-17(4-3-5-19(14-15)23-2)24-18-11-7-16(8-12-18)9-13-20(21)22/h3,5,7-8,11-12,14,17H,1,4,6,9-10,13H2,2H3,(H,21,22)/b5-3-,19-14+. The molecule has 0 saturated carbocycles. The minimum atomic E-state index is -0.781. The monoisotopic (exact) mass is 328 g/mol. The zero-order chi connectivity index (χ0) is 17.4. The first-order valence-electron chi connectivity index (χ1n) is 8.14. The highest BCUT2D eigenvalue weighted by molar-refractivity contribution is 5.67. The van der Waals surface area contributed by atoms with Crippen molar-refractivity contribution in [2.75, 3.05) is 7.11 Å². The summed E-state index contributed by atoms with van der Waals surface area (Å²) < 4.78 is 11.4. The van der Waals surface area contributed by atoms with Gasteiger partial charge in [-0.15, -0.1) is 0 Å². The predicted molar refractivity (Wildman–Crippen MR) is 94.0 cm³/mol. The largest absolute Gasteiger partial charge is 0.497 e. The lowest BCUT2D eigenvalue weighted by molar-refractivity contribution is -0.136. The van der Waals surface area contributed by atoms with Crippen LogP contribution in [0.15, 0.2) is 60.4 Å². The van der Waals surface area contributed by atoms with Gasteiger partial charge in [-0.05, 0) is 49.1 Å². The molecule has 0 fully saturated rings. The molecule has 0 spiro atoms. The number of methoxy groups -OCH3 is 1. The van der Waals surface area contributed by atoms with Crippen molar-refractivity contribution in [3.05, 3.63) is 66.0 Å². The number of benzene rings is 1. The van der Waals surface area contributed by atoms with Crippen molar-refractivity contribution >= 4 is 5.97 Å². The van der Waals surface area contributed by atoms with Gasteiger partial charge in [-0.2, -0.15) is 0 Å². The molecular weight excluding hydrogens is 304 g/mol. The average Bonchev–Trinajstić information content (AvgIpc) is 2.65. The van der Waals surface area contributed by atoms with E-state index in [4.69, 9.17) is 14.6 Å². The van der Waals surface area contributed by atoms with Gasteiger partial charge in [-0.25, -0.2) is 0 Å². The van der Waals surface area contributed by atoms with E-state index in [9.17, 15) is 4.79 Å². The Labute approximate surface area is 143 Å². The summed E-state index contributed by atoms with van der Waals surface area (Å²) in [4.78, 5) is 10.6. The fraction of sp³-hybridized carbons (Fsp3) is 0.350. The van der Waals surface area contributed by atoms with Crippen LogP contribution >= 0.6 is 0 Å². The molecule has 24 heavy (non-hydrogen) atoms. The second-order valence-corrected chi connectivity index (χ2v) is 5.86. The number of carboxylic acid groups (broad SMARTS) is 1. The number of carboxylic acids is 1. The van der Waals surface area contributed by atoms with Crippen molar-refractivity contribution in [3.63, 3.8) is 0 Å². The van der Waals surface area contributed by atoms with Crippen molar-refractivity contribution in [3.8, 4) is 5.75 Å². The number of hydrogen-bond donors (Lipinski definition) is 1. The predicted octanol–water partition coefficient (Wildman–Crippen LogP) is 4.28. The van der Waals surface area contributed by atoms with Crippen molar-refractivity contribution in [1.82, 2.24) is 0 Å². The van der Waals surface area contributed by atoms with Crippen molar-refractivity contribution in [2.45, 2.75) is 38.2 Å². The van der Waals surface area contributed by atoms with E-state index in [0.717, 1.165) is 41.9 Å². The minimum absolute atomic E-state index is 0.0764. The third kappa shape index (κ3) is 5.95. The SMILES string of the molecule is C=C1/C=C(OC)\C=C/CC(Oc2ccc(CCC(=O)O)cc2)CC1. The van der Waals surface area contributed by atoms with Gasteiger partial charge >= 0.3 is 5.97 Å². The van der Waals surface area contributed by atoms with E-state index >= 15 is 0 Å². The Kier molecular flexibility index (Phi) is 6.67. The second-order valence-electron chi connectivity index (χ2n) is 5.86. The molecule has 1 aromatic carbocycles. The molecule has 0 bridgehead atoms. The molecule has 0 heterocycles. The lowest BCUT2D eigenvalue weighted by atomic mass is 10.1. The summed E-state index contributed by atoms with van der Waals surface area (Å²) in [6, 6.07) is 7.65. The van der Waals surface area contributed by atoms with E-state index in [-0.39, 0.29) is 12.5 Å². The Morgan fingerprint density at radius 1 is 1.33 bits per heavy atom. The Balaban J connectivity index is 1.95. The molecule has 2 rings (SSSR count).